The maximum absolute atomic E-state index is 12.5. The van der Waals surface area contributed by atoms with Crippen molar-refractivity contribution >= 4 is 51.7 Å². The van der Waals surface area contributed by atoms with E-state index in [1.807, 2.05) is 0 Å². The van der Waals surface area contributed by atoms with Crippen molar-refractivity contribution in [3.63, 3.8) is 0 Å². The number of aromatic hydroxyl groups is 1. The molecule has 0 spiro atoms. The number of thioether (sulfide) groups is 1. The normalized spacial score (nSPS) is 15.7. The van der Waals surface area contributed by atoms with Gasteiger partial charge in [0, 0.05) is 12.1 Å². The fourth-order valence-corrected chi connectivity index (χ4v) is 3.30. The topological polar surface area (TPSA) is 95.7 Å². The fourth-order valence-electron chi connectivity index (χ4n) is 2.12. The summed E-state index contributed by atoms with van der Waals surface area (Å²) in [7, 11) is 0. The number of phenolic OH excluding ortho intramolecular Hbond substituents is 1. The Kier molecular flexibility index (Phi) is 4.68. The van der Waals surface area contributed by atoms with Crippen molar-refractivity contribution in [3.8, 4) is 5.75 Å². The van der Waals surface area contributed by atoms with Gasteiger partial charge in [0.2, 0.25) is 0 Å². The molecule has 126 valence electrons. The zero-order valence-electron chi connectivity index (χ0n) is 12.6. The Morgan fingerprint density at radius 3 is 2.60 bits per heavy atom. The summed E-state index contributed by atoms with van der Waals surface area (Å²) in [6.07, 6.45) is 1.64. The predicted molar refractivity (Wildman–Crippen MR) is 99.8 cm³/mol. The summed E-state index contributed by atoms with van der Waals surface area (Å²) in [4.78, 5) is 23.1. The van der Waals surface area contributed by atoms with Gasteiger partial charge in [-0.1, -0.05) is 23.9 Å². The number of nitrogens with zero attached hydrogens (tertiary/aromatic N) is 2. The third-order valence-electron chi connectivity index (χ3n) is 3.28. The van der Waals surface area contributed by atoms with E-state index in [0.717, 1.165) is 11.8 Å². The van der Waals surface area contributed by atoms with E-state index in [4.69, 9.17) is 12.2 Å². The Balaban J connectivity index is 1.78. The molecule has 0 unspecified atom stereocenters. The van der Waals surface area contributed by atoms with Gasteiger partial charge in [-0.05, 0) is 48.1 Å². The molecule has 1 aliphatic heterocycles. The van der Waals surface area contributed by atoms with E-state index in [1.54, 1.807) is 24.3 Å². The van der Waals surface area contributed by atoms with Crippen LogP contribution in [0, 0.1) is 10.1 Å². The zero-order chi connectivity index (χ0) is 18.0. The standard InChI is InChI=1S/C16H11N3O4S2/c20-13-3-1-2-10(8-13)9-14-15(21)18(16(24)25-14)17-11-4-6-12(7-5-11)19(22)23/h1-9,17,20H/b14-9+. The molecule has 0 aromatic heterocycles. The van der Waals surface area contributed by atoms with E-state index >= 15 is 0 Å². The molecule has 2 aromatic rings. The highest BCUT2D eigenvalue weighted by Crippen LogP contribution is 2.33. The van der Waals surface area contributed by atoms with Crippen molar-refractivity contribution < 1.29 is 14.8 Å². The summed E-state index contributed by atoms with van der Waals surface area (Å²) < 4.78 is 0.315. The van der Waals surface area contributed by atoms with Crippen LogP contribution in [0.3, 0.4) is 0 Å². The molecule has 9 heteroatoms. The number of phenols is 1. The van der Waals surface area contributed by atoms with Crippen LogP contribution in [0.2, 0.25) is 0 Å². The smallest absolute Gasteiger partial charge is 0.285 e. The third-order valence-corrected chi connectivity index (χ3v) is 4.58. The number of carbonyl (C=O) groups excluding carboxylic acids is 1. The van der Waals surface area contributed by atoms with Gasteiger partial charge in [0.05, 0.1) is 15.5 Å². The van der Waals surface area contributed by atoms with Gasteiger partial charge in [0.1, 0.15) is 5.75 Å². The van der Waals surface area contributed by atoms with E-state index in [9.17, 15) is 20.0 Å². The number of nitrogens with one attached hydrogen (secondary N) is 1. The highest BCUT2D eigenvalue weighted by Gasteiger charge is 2.32. The van der Waals surface area contributed by atoms with Crippen molar-refractivity contribution in [1.82, 2.24) is 5.01 Å². The molecule has 1 fully saturated rings. The summed E-state index contributed by atoms with van der Waals surface area (Å²) in [6, 6.07) is 12.2. The summed E-state index contributed by atoms with van der Waals surface area (Å²) in [5.74, 6) is -0.232. The Morgan fingerprint density at radius 2 is 1.96 bits per heavy atom. The first-order chi connectivity index (χ1) is 11.9. The van der Waals surface area contributed by atoms with Crippen molar-refractivity contribution in [2.24, 2.45) is 0 Å². The maximum atomic E-state index is 12.5. The fraction of sp³-hybridized carbons (Fsp3) is 0. The Morgan fingerprint density at radius 1 is 1.24 bits per heavy atom. The van der Waals surface area contributed by atoms with Gasteiger partial charge >= 0.3 is 0 Å². The summed E-state index contributed by atoms with van der Waals surface area (Å²) in [6.45, 7) is 0. The van der Waals surface area contributed by atoms with Gasteiger partial charge < -0.3 is 5.11 Å². The van der Waals surface area contributed by atoms with Crippen molar-refractivity contribution in [2.45, 2.75) is 0 Å². The van der Waals surface area contributed by atoms with E-state index in [0.29, 0.717) is 20.5 Å². The van der Waals surface area contributed by atoms with E-state index in [2.05, 4.69) is 5.43 Å². The Labute approximate surface area is 152 Å². The lowest BCUT2D eigenvalue weighted by molar-refractivity contribution is -0.384. The highest BCUT2D eigenvalue weighted by atomic mass is 32.2. The number of carbonyl (C=O) groups is 1. The predicted octanol–water partition coefficient (Wildman–Crippen LogP) is 3.53. The number of non-ortho nitro benzene ring substituents is 1. The largest absolute Gasteiger partial charge is 0.508 e. The average molecular weight is 373 g/mol. The molecular weight excluding hydrogens is 362 g/mol. The lowest BCUT2D eigenvalue weighted by Crippen LogP contribution is -2.33. The van der Waals surface area contributed by atoms with Gasteiger partial charge in [-0.2, -0.15) is 0 Å². The number of hydrogen-bond donors (Lipinski definition) is 2. The molecule has 1 aliphatic rings. The molecule has 25 heavy (non-hydrogen) atoms. The second-order valence-corrected chi connectivity index (χ2v) is 6.70. The summed E-state index contributed by atoms with van der Waals surface area (Å²) in [5.41, 5.74) is 3.98. The van der Waals surface area contributed by atoms with Crippen LogP contribution in [0.5, 0.6) is 5.75 Å². The number of amides is 1. The maximum Gasteiger partial charge on any atom is 0.285 e. The Bertz CT molecular complexity index is 897. The van der Waals surface area contributed by atoms with Gasteiger partial charge in [0.15, 0.2) is 4.32 Å². The molecule has 0 atom stereocenters. The molecule has 7 nitrogen and oxygen atoms in total. The minimum absolute atomic E-state index is 0.0419. The molecule has 1 saturated heterocycles. The van der Waals surface area contributed by atoms with Crippen LogP contribution in [0.15, 0.2) is 53.4 Å². The molecule has 3 rings (SSSR count). The van der Waals surface area contributed by atoms with Crippen LogP contribution in [0.25, 0.3) is 6.08 Å². The van der Waals surface area contributed by atoms with Crippen LogP contribution in [0.1, 0.15) is 5.56 Å². The zero-order valence-corrected chi connectivity index (χ0v) is 14.2. The van der Waals surface area contributed by atoms with E-state index < -0.39 is 4.92 Å². The van der Waals surface area contributed by atoms with Gasteiger partial charge in [0.25, 0.3) is 11.6 Å². The SMILES string of the molecule is O=C1/C(=C\c2cccc(O)c2)SC(=S)N1Nc1ccc([N+](=O)[O-])cc1. The van der Waals surface area contributed by atoms with Crippen LogP contribution >= 0.6 is 24.0 Å². The Hall–Kier alpha value is -2.91. The molecule has 0 aliphatic carbocycles. The van der Waals surface area contributed by atoms with Crippen LogP contribution in [-0.4, -0.2) is 25.3 Å². The number of thiocarbonyl (C=S) groups is 1. The van der Waals surface area contributed by atoms with E-state index in [-0.39, 0.29) is 17.3 Å². The number of benzene rings is 2. The summed E-state index contributed by atoms with van der Waals surface area (Å²) in [5, 5.41) is 21.4. The number of rotatable bonds is 4. The molecule has 0 saturated carbocycles. The molecule has 1 amide bonds. The number of nitro benzene ring substituents is 1. The van der Waals surface area contributed by atoms with Crippen LogP contribution in [-0.2, 0) is 4.79 Å². The second kappa shape index (κ2) is 6.91. The second-order valence-electron chi connectivity index (χ2n) is 5.03. The average Bonchev–Trinajstić information content (AvgIpc) is 2.83. The monoisotopic (exact) mass is 373 g/mol. The van der Waals surface area contributed by atoms with Crippen LogP contribution < -0.4 is 5.43 Å². The molecule has 2 N–H and O–H groups in total. The van der Waals surface area contributed by atoms with E-state index in [1.165, 1.54) is 35.3 Å². The van der Waals surface area contributed by atoms with Gasteiger partial charge in [-0.15, -0.1) is 0 Å². The first kappa shape index (κ1) is 16.9. The molecule has 2 aromatic carbocycles. The van der Waals surface area contributed by atoms with Crippen molar-refractivity contribution in [3.05, 3.63) is 69.1 Å². The molecule has 0 bridgehead atoms. The lowest BCUT2D eigenvalue weighted by atomic mass is 10.2. The number of anilines is 1. The third kappa shape index (κ3) is 3.78. The van der Waals surface area contributed by atoms with Crippen LogP contribution in [0.4, 0.5) is 11.4 Å². The van der Waals surface area contributed by atoms with Crippen molar-refractivity contribution in [2.75, 3.05) is 5.43 Å². The minimum Gasteiger partial charge on any atom is -0.508 e. The van der Waals surface area contributed by atoms with Gasteiger partial charge in [-0.25, -0.2) is 5.01 Å². The quantitative estimate of drug-likeness (QED) is 0.366. The first-order valence-electron chi connectivity index (χ1n) is 7.02. The summed E-state index contributed by atoms with van der Waals surface area (Å²) >= 11 is 6.34. The minimum atomic E-state index is -0.499. The number of hydrogen-bond acceptors (Lipinski definition) is 7. The van der Waals surface area contributed by atoms with Gasteiger partial charge in [-0.3, -0.25) is 20.3 Å². The molecule has 1 heterocycles. The molecular formula is C16H11N3O4S2. The van der Waals surface area contributed by atoms with Crippen molar-refractivity contribution in [1.29, 1.82) is 0 Å². The number of nitro groups is 1. The first-order valence-corrected chi connectivity index (χ1v) is 8.24. The number of hydrazine groups is 1. The molecule has 0 radical (unpaired) electrons. The highest BCUT2D eigenvalue weighted by molar-refractivity contribution is 8.26. The lowest BCUT2D eigenvalue weighted by Gasteiger charge is -2.16.